The lowest BCUT2D eigenvalue weighted by molar-refractivity contribution is -0.118. The third kappa shape index (κ3) is 1.37. The van der Waals surface area contributed by atoms with Gasteiger partial charge in [-0.2, -0.15) is 0 Å². The Hall–Kier alpha value is -0.600. The lowest BCUT2D eigenvalue weighted by atomic mass is 9.91. The van der Waals surface area contributed by atoms with Crippen molar-refractivity contribution < 1.29 is 4.79 Å². The van der Waals surface area contributed by atoms with Crippen LogP contribution in [0.2, 0.25) is 0 Å². The second-order valence-corrected chi connectivity index (χ2v) is 3.22. The summed E-state index contributed by atoms with van der Waals surface area (Å²) in [6.45, 7) is 1.44. The number of rotatable bonds is 1. The van der Waals surface area contributed by atoms with Crippen LogP contribution in [0, 0.1) is 0 Å². The first-order valence-corrected chi connectivity index (χ1v) is 3.77. The minimum absolute atomic E-state index is 0.118. The van der Waals surface area contributed by atoms with Crippen LogP contribution < -0.4 is 5.73 Å². The molecule has 0 spiro atoms. The Morgan fingerprint density at radius 3 is 2.64 bits per heavy atom. The van der Waals surface area contributed by atoms with E-state index < -0.39 is 10.9 Å². The number of halogens is 1. The van der Waals surface area contributed by atoms with Gasteiger partial charge in [0.1, 0.15) is 4.87 Å². The number of allylic oxidation sites excluding steroid dienone is 2. The number of carbonyl (C=O) groups excluding carboxylic acids is 1. The molecule has 2 N–H and O–H groups in total. The van der Waals surface area contributed by atoms with E-state index in [1.165, 1.54) is 6.92 Å². The third-order valence-corrected chi connectivity index (χ3v) is 2.44. The topological polar surface area (TPSA) is 43.1 Å². The van der Waals surface area contributed by atoms with Crippen LogP contribution in [0.1, 0.15) is 6.92 Å². The number of hydrogen-bond acceptors (Lipinski definition) is 2. The first kappa shape index (κ1) is 8.50. The van der Waals surface area contributed by atoms with Crippen LogP contribution in [0.15, 0.2) is 24.3 Å². The van der Waals surface area contributed by atoms with Crippen molar-refractivity contribution in [2.45, 2.75) is 17.8 Å². The van der Waals surface area contributed by atoms with Crippen LogP contribution in [0.5, 0.6) is 0 Å². The van der Waals surface area contributed by atoms with Gasteiger partial charge in [-0.15, -0.1) is 11.6 Å². The Balaban J connectivity index is 2.94. The van der Waals surface area contributed by atoms with Gasteiger partial charge in [0.15, 0.2) is 5.78 Å². The van der Waals surface area contributed by atoms with Gasteiger partial charge >= 0.3 is 0 Å². The average Bonchev–Trinajstić information content (AvgIpc) is 1.95. The number of alkyl halides is 1. The molecule has 0 aromatic carbocycles. The molecule has 0 saturated heterocycles. The second kappa shape index (κ2) is 2.80. The molecule has 0 aliphatic heterocycles. The molecule has 0 amide bonds. The fraction of sp³-hybridized carbons (Fsp3) is 0.375. The van der Waals surface area contributed by atoms with E-state index in [0.29, 0.717) is 0 Å². The van der Waals surface area contributed by atoms with Gasteiger partial charge in [0.05, 0.1) is 6.04 Å². The van der Waals surface area contributed by atoms with Crippen molar-refractivity contribution >= 4 is 17.4 Å². The summed E-state index contributed by atoms with van der Waals surface area (Å²) in [7, 11) is 0. The Bertz CT molecular complexity index is 234. The lowest BCUT2D eigenvalue weighted by Gasteiger charge is -2.26. The average molecular weight is 172 g/mol. The van der Waals surface area contributed by atoms with Gasteiger partial charge in [-0.25, -0.2) is 0 Å². The van der Waals surface area contributed by atoms with Crippen molar-refractivity contribution in [3.63, 3.8) is 0 Å². The molecule has 2 atom stereocenters. The van der Waals surface area contributed by atoms with Gasteiger partial charge in [-0.3, -0.25) is 4.79 Å². The fourth-order valence-electron chi connectivity index (χ4n) is 0.983. The highest BCUT2D eigenvalue weighted by Gasteiger charge is 2.36. The number of Topliss-reactive ketones (excluding diaryl/α,β-unsaturated/α-hetero) is 1. The summed E-state index contributed by atoms with van der Waals surface area (Å²) in [5, 5.41) is 0. The van der Waals surface area contributed by atoms with Crippen molar-refractivity contribution in [2.24, 2.45) is 5.73 Å². The standard InChI is InChI=1S/C8H10ClNO/c1-6(11)8(9)5-3-2-4-7(8)10/h2-5,7H,10H2,1H3. The van der Waals surface area contributed by atoms with E-state index in [0.717, 1.165) is 0 Å². The van der Waals surface area contributed by atoms with E-state index in [2.05, 4.69) is 0 Å². The molecule has 11 heavy (non-hydrogen) atoms. The molecule has 3 heteroatoms. The van der Waals surface area contributed by atoms with Gasteiger partial charge in [0, 0.05) is 0 Å². The molecule has 1 aliphatic rings. The predicted molar refractivity (Wildman–Crippen MR) is 45.5 cm³/mol. The van der Waals surface area contributed by atoms with E-state index in [1.807, 2.05) is 0 Å². The molecule has 0 heterocycles. The molecule has 2 unspecified atom stereocenters. The van der Waals surface area contributed by atoms with Gasteiger partial charge in [-0.1, -0.05) is 24.3 Å². The van der Waals surface area contributed by atoms with Gasteiger partial charge in [-0.05, 0) is 6.92 Å². The van der Waals surface area contributed by atoms with Crippen molar-refractivity contribution in [1.29, 1.82) is 0 Å². The van der Waals surface area contributed by atoms with Gasteiger partial charge in [0.2, 0.25) is 0 Å². The molecule has 0 bridgehead atoms. The molecular formula is C8H10ClNO. The van der Waals surface area contributed by atoms with Crippen LogP contribution in [0.25, 0.3) is 0 Å². The third-order valence-electron chi connectivity index (χ3n) is 1.79. The minimum atomic E-state index is -1.02. The largest absolute Gasteiger partial charge is 0.322 e. The summed E-state index contributed by atoms with van der Waals surface area (Å²) in [6, 6.07) is -0.410. The quantitative estimate of drug-likeness (QED) is 0.599. The predicted octanol–water partition coefficient (Wildman–Crippen LogP) is 1.01. The zero-order valence-corrected chi connectivity index (χ0v) is 7.01. The fourth-order valence-corrected chi connectivity index (χ4v) is 1.13. The molecule has 0 aromatic rings. The molecule has 0 radical (unpaired) electrons. The summed E-state index contributed by atoms with van der Waals surface area (Å²) < 4.78 is 0. The first-order chi connectivity index (χ1) is 5.07. The Morgan fingerprint density at radius 2 is 2.27 bits per heavy atom. The summed E-state index contributed by atoms with van der Waals surface area (Å²) in [5.41, 5.74) is 5.62. The number of carbonyl (C=O) groups is 1. The summed E-state index contributed by atoms with van der Waals surface area (Å²) >= 11 is 5.95. The van der Waals surface area contributed by atoms with Crippen molar-refractivity contribution in [3.05, 3.63) is 24.3 Å². The van der Waals surface area contributed by atoms with Crippen molar-refractivity contribution in [2.75, 3.05) is 0 Å². The maximum Gasteiger partial charge on any atom is 0.156 e. The van der Waals surface area contributed by atoms with E-state index in [-0.39, 0.29) is 5.78 Å². The van der Waals surface area contributed by atoms with E-state index >= 15 is 0 Å². The van der Waals surface area contributed by atoms with E-state index in [4.69, 9.17) is 17.3 Å². The van der Waals surface area contributed by atoms with Crippen molar-refractivity contribution in [3.8, 4) is 0 Å². The van der Waals surface area contributed by atoms with Crippen LogP contribution in [0.3, 0.4) is 0 Å². The highest BCUT2D eigenvalue weighted by molar-refractivity contribution is 6.37. The molecule has 60 valence electrons. The van der Waals surface area contributed by atoms with Crippen LogP contribution in [-0.2, 0) is 4.79 Å². The minimum Gasteiger partial charge on any atom is -0.322 e. The Kier molecular flexibility index (Phi) is 2.16. The highest BCUT2D eigenvalue weighted by Crippen LogP contribution is 2.25. The summed E-state index contributed by atoms with van der Waals surface area (Å²) in [4.78, 5) is 10.0. The smallest absolute Gasteiger partial charge is 0.156 e. The van der Waals surface area contributed by atoms with E-state index in [9.17, 15) is 4.79 Å². The monoisotopic (exact) mass is 171 g/mol. The Morgan fingerprint density at radius 1 is 1.64 bits per heavy atom. The molecule has 0 aromatic heterocycles. The van der Waals surface area contributed by atoms with Crippen LogP contribution in [-0.4, -0.2) is 16.7 Å². The SMILES string of the molecule is CC(=O)C1(Cl)C=CC=CC1N. The normalized spacial score (nSPS) is 35.7. The first-order valence-electron chi connectivity index (χ1n) is 3.39. The van der Waals surface area contributed by atoms with Crippen LogP contribution >= 0.6 is 11.6 Å². The molecule has 1 aliphatic carbocycles. The zero-order valence-electron chi connectivity index (χ0n) is 6.25. The van der Waals surface area contributed by atoms with Crippen molar-refractivity contribution in [1.82, 2.24) is 0 Å². The van der Waals surface area contributed by atoms with E-state index in [1.54, 1.807) is 24.3 Å². The Labute approximate surface area is 70.7 Å². The zero-order chi connectivity index (χ0) is 8.48. The number of nitrogens with two attached hydrogens (primary N) is 1. The molecule has 0 saturated carbocycles. The summed E-state index contributed by atoms with van der Waals surface area (Å²) in [5.74, 6) is -0.118. The highest BCUT2D eigenvalue weighted by atomic mass is 35.5. The molecule has 1 rings (SSSR count). The molecule has 2 nitrogen and oxygen atoms in total. The van der Waals surface area contributed by atoms with Gasteiger partial charge in [0.25, 0.3) is 0 Å². The van der Waals surface area contributed by atoms with Gasteiger partial charge < -0.3 is 5.73 Å². The van der Waals surface area contributed by atoms with Crippen LogP contribution in [0.4, 0.5) is 0 Å². The number of hydrogen-bond donors (Lipinski definition) is 1. The summed E-state index contributed by atoms with van der Waals surface area (Å²) in [6.07, 6.45) is 6.86. The second-order valence-electron chi connectivity index (χ2n) is 2.59. The molecule has 0 fully saturated rings. The maximum absolute atomic E-state index is 11.0. The lowest BCUT2D eigenvalue weighted by Crippen LogP contribution is -2.46. The molecular weight excluding hydrogens is 162 g/mol. The number of ketones is 1. The maximum atomic E-state index is 11.0.